The minimum absolute atomic E-state index is 0.00838. The van der Waals surface area contributed by atoms with E-state index in [1.807, 2.05) is 4.57 Å². The molecule has 3 heterocycles. The van der Waals surface area contributed by atoms with Crippen LogP contribution in [0.2, 0.25) is 0 Å². The molecule has 5 rings (SSSR count). The monoisotopic (exact) mass is 435 g/mol. The van der Waals surface area contributed by atoms with Crippen LogP contribution < -0.4 is 5.32 Å². The highest BCUT2D eigenvalue weighted by molar-refractivity contribution is 6.02. The minimum Gasteiger partial charge on any atom is -0.429 e. The Kier molecular flexibility index (Phi) is 5.22. The van der Waals surface area contributed by atoms with E-state index >= 15 is 0 Å². The van der Waals surface area contributed by atoms with Crippen molar-refractivity contribution in [1.29, 1.82) is 0 Å². The van der Waals surface area contributed by atoms with Crippen LogP contribution in [0.1, 0.15) is 42.3 Å². The van der Waals surface area contributed by atoms with E-state index in [2.05, 4.69) is 20.3 Å². The molecular formula is C23H19F2N5O2. The molecule has 1 saturated carbocycles. The summed E-state index contributed by atoms with van der Waals surface area (Å²) in [4.78, 5) is 25.1. The van der Waals surface area contributed by atoms with Gasteiger partial charge in [0.05, 0.1) is 24.4 Å². The number of hydrogen-bond donors (Lipinski definition) is 1. The molecule has 1 aliphatic rings. The molecule has 0 saturated heterocycles. The fraction of sp³-hybridized carbons (Fsp3) is 0.217. The summed E-state index contributed by atoms with van der Waals surface area (Å²) in [5.41, 5.74) is 1.91. The van der Waals surface area contributed by atoms with Crippen molar-refractivity contribution in [2.24, 2.45) is 0 Å². The number of imidazole rings is 1. The standard InChI is InChI=1S/C23H19F2N5O2/c24-15-7-5-14(6-8-15)20-21(30(13-28-20)16-3-1-2-4-16)23-27-12-19(32-23)22(31)29-18-9-10-26-11-17(18)25/h5-13,16H,1-4H2,(H,26,29,31). The third-order valence-corrected chi connectivity index (χ3v) is 5.58. The number of amides is 1. The van der Waals surface area contributed by atoms with Gasteiger partial charge >= 0.3 is 0 Å². The number of pyridine rings is 1. The summed E-state index contributed by atoms with van der Waals surface area (Å²) in [6, 6.07) is 7.61. The average molecular weight is 435 g/mol. The van der Waals surface area contributed by atoms with Gasteiger partial charge in [-0.3, -0.25) is 9.78 Å². The number of nitrogens with zero attached hydrogens (tertiary/aromatic N) is 4. The zero-order valence-electron chi connectivity index (χ0n) is 17.0. The van der Waals surface area contributed by atoms with Crippen molar-refractivity contribution < 1.29 is 18.0 Å². The molecular weight excluding hydrogens is 416 g/mol. The number of anilines is 1. The molecule has 9 heteroatoms. The summed E-state index contributed by atoms with van der Waals surface area (Å²) in [6.45, 7) is 0. The van der Waals surface area contributed by atoms with Gasteiger partial charge in [-0.05, 0) is 43.2 Å². The maximum atomic E-state index is 13.8. The van der Waals surface area contributed by atoms with Crippen molar-refractivity contribution in [2.75, 3.05) is 5.32 Å². The maximum Gasteiger partial charge on any atom is 0.293 e. The zero-order chi connectivity index (χ0) is 22.1. The summed E-state index contributed by atoms with van der Waals surface area (Å²) in [5, 5.41) is 2.46. The molecule has 0 radical (unpaired) electrons. The molecule has 32 heavy (non-hydrogen) atoms. The van der Waals surface area contributed by atoms with E-state index in [4.69, 9.17) is 4.42 Å². The molecule has 0 atom stereocenters. The average Bonchev–Trinajstić information content (AvgIpc) is 3.55. The lowest BCUT2D eigenvalue weighted by Crippen LogP contribution is -2.12. The Bertz CT molecular complexity index is 1260. The van der Waals surface area contributed by atoms with Crippen LogP contribution in [0.25, 0.3) is 22.8 Å². The molecule has 162 valence electrons. The van der Waals surface area contributed by atoms with Gasteiger partial charge in [-0.2, -0.15) is 0 Å². The molecule has 0 unspecified atom stereocenters. The van der Waals surface area contributed by atoms with E-state index in [1.165, 1.54) is 30.6 Å². The highest BCUT2D eigenvalue weighted by Gasteiger charge is 2.27. The Morgan fingerprint density at radius 2 is 1.84 bits per heavy atom. The van der Waals surface area contributed by atoms with Crippen molar-refractivity contribution in [3.8, 4) is 22.8 Å². The molecule has 3 aromatic heterocycles. The van der Waals surface area contributed by atoms with Crippen LogP contribution in [-0.4, -0.2) is 25.4 Å². The quantitative estimate of drug-likeness (QED) is 0.463. The van der Waals surface area contributed by atoms with Gasteiger partial charge in [0.15, 0.2) is 5.82 Å². The normalized spacial score (nSPS) is 14.1. The maximum absolute atomic E-state index is 13.8. The summed E-state index contributed by atoms with van der Waals surface area (Å²) in [6.07, 6.45) is 9.65. The second kappa shape index (κ2) is 8.33. The summed E-state index contributed by atoms with van der Waals surface area (Å²) >= 11 is 0. The predicted molar refractivity (Wildman–Crippen MR) is 113 cm³/mol. The Morgan fingerprint density at radius 3 is 2.59 bits per heavy atom. The van der Waals surface area contributed by atoms with Crippen molar-refractivity contribution >= 4 is 11.6 Å². The van der Waals surface area contributed by atoms with E-state index in [0.717, 1.165) is 31.9 Å². The molecule has 4 aromatic rings. The van der Waals surface area contributed by atoms with E-state index in [9.17, 15) is 13.6 Å². The van der Waals surface area contributed by atoms with Crippen LogP contribution in [0.4, 0.5) is 14.5 Å². The Balaban J connectivity index is 1.52. The van der Waals surface area contributed by atoms with Crippen molar-refractivity contribution in [2.45, 2.75) is 31.7 Å². The zero-order valence-corrected chi connectivity index (χ0v) is 17.0. The lowest BCUT2D eigenvalue weighted by molar-refractivity contribution is 0.0997. The van der Waals surface area contributed by atoms with Crippen molar-refractivity contribution in [1.82, 2.24) is 19.5 Å². The van der Waals surface area contributed by atoms with Gasteiger partial charge in [0, 0.05) is 17.8 Å². The summed E-state index contributed by atoms with van der Waals surface area (Å²) in [7, 11) is 0. The van der Waals surface area contributed by atoms with Gasteiger partial charge in [0.2, 0.25) is 11.7 Å². The van der Waals surface area contributed by atoms with Crippen LogP contribution in [0, 0.1) is 11.6 Å². The number of hydrogen-bond acceptors (Lipinski definition) is 5. The van der Waals surface area contributed by atoms with Crippen LogP contribution in [0.3, 0.4) is 0 Å². The Hall–Kier alpha value is -3.88. The molecule has 0 bridgehead atoms. The minimum atomic E-state index is -0.654. The fourth-order valence-electron chi connectivity index (χ4n) is 4.00. The Morgan fingerprint density at radius 1 is 1.06 bits per heavy atom. The lowest BCUT2D eigenvalue weighted by Gasteiger charge is -2.14. The first kappa shape index (κ1) is 20.0. The van der Waals surface area contributed by atoms with Gasteiger partial charge in [0.1, 0.15) is 17.2 Å². The SMILES string of the molecule is O=C(Nc1ccncc1F)c1cnc(-c2c(-c3ccc(F)cc3)ncn2C2CCCC2)o1. The first-order valence-corrected chi connectivity index (χ1v) is 10.3. The highest BCUT2D eigenvalue weighted by atomic mass is 19.1. The topological polar surface area (TPSA) is 85.8 Å². The fourth-order valence-corrected chi connectivity index (χ4v) is 4.00. The number of carbonyl (C=O) groups is 1. The van der Waals surface area contributed by atoms with E-state index in [0.29, 0.717) is 17.0 Å². The summed E-state index contributed by atoms with van der Waals surface area (Å²) < 4.78 is 35.1. The van der Waals surface area contributed by atoms with E-state index in [1.54, 1.807) is 18.5 Å². The van der Waals surface area contributed by atoms with Crippen molar-refractivity contribution in [3.63, 3.8) is 0 Å². The second-order valence-corrected chi connectivity index (χ2v) is 7.63. The Labute approximate surface area is 182 Å². The van der Waals surface area contributed by atoms with Gasteiger partial charge in [-0.15, -0.1) is 0 Å². The molecule has 0 aliphatic heterocycles. The third kappa shape index (κ3) is 3.77. The number of carbonyl (C=O) groups excluding carboxylic acids is 1. The van der Waals surface area contributed by atoms with Crippen LogP contribution in [-0.2, 0) is 0 Å². The van der Waals surface area contributed by atoms with Gasteiger partial charge in [-0.1, -0.05) is 12.8 Å². The molecule has 7 nitrogen and oxygen atoms in total. The number of aromatic nitrogens is 4. The number of oxazole rings is 1. The number of nitrogens with one attached hydrogen (secondary N) is 1. The van der Waals surface area contributed by atoms with E-state index < -0.39 is 11.7 Å². The molecule has 1 fully saturated rings. The van der Waals surface area contributed by atoms with Crippen LogP contribution >= 0.6 is 0 Å². The smallest absolute Gasteiger partial charge is 0.293 e. The second-order valence-electron chi connectivity index (χ2n) is 7.63. The van der Waals surface area contributed by atoms with Crippen molar-refractivity contribution in [3.05, 3.63) is 72.6 Å². The molecule has 1 aliphatic carbocycles. The summed E-state index contributed by atoms with van der Waals surface area (Å²) in [5.74, 6) is -1.49. The predicted octanol–water partition coefficient (Wildman–Crippen LogP) is 5.25. The molecule has 0 spiro atoms. The number of rotatable bonds is 5. The van der Waals surface area contributed by atoms with Crippen LogP contribution in [0.5, 0.6) is 0 Å². The van der Waals surface area contributed by atoms with Gasteiger partial charge in [-0.25, -0.2) is 18.7 Å². The van der Waals surface area contributed by atoms with Gasteiger partial charge < -0.3 is 14.3 Å². The first-order chi connectivity index (χ1) is 15.6. The third-order valence-electron chi connectivity index (χ3n) is 5.58. The number of benzene rings is 1. The molecule has 1 N–H and O–H groups in total. The largest absolute Gasteiger partial charge is 0.429 e. The van der Waals surface area contributed by atoms with Crippen LogP contribution in [0.15, 0.2) is 59.7 Å². The van der Waals surface area contributed by atoms with E-state index in [-0.39, 0.29) is 29.2 Å². The first-order valence-electron chi connectivity index (χ1n) is 10.3. The number of halogens is 2. The lowest BCUT2D eigenvalue weighted by atomic mass is 10.1. The molecule has 1 amide bonds. The highest BCUT2D eigenvalue weighted by Crippen LogP contribution is 2.38. The molecule has 1 aromatic carbocycles. The van der Waals surface area contributed by atoms with Gasteiger partial charge in [0.25, 0.3) is 5.91 Å².